The van der Waals surface area contributed by atoms with Gasteiger partial charge in [-0.3, -0.25) is 4.99 Å². The zero-order chi connectivity index (χ0) is 20.0. The minimum absolute atomic E-state index is 0. The molecule has 0 bridgehead atoms. The molecule has 6 nitrogen and oxygen atoms in total. The lowest BCUT2D eigenvalue weighted by atomic mass is 10.0. The first-order valence-electron chi connectivity index (χ1n) is 9.59. The van der Waals surface area contributed by atoms with E-state index in [0.717, 1.165) is 42.3 Å². The second-order valence-electron chi connectivity index (χ2n) is 7.47. The van der Waals surface area contributed by atoms with Crippen LogP contribution in [0.2, 0.25) is 0 Å². The van der Waals surface area contributed by atoms with Gasteiger partial charge >= 0.3 is 0 Å². The van der Waals surface area contributed by atoms with E-state index in [0.29, 0.717) is 12.5 Å². The SMILES string of the molecule is CC(C)CNS(=O)(=O)Cc1ccc(Cc2ccc(NC3=NCCN3)cc2)cc1.Cl. The van der Waals surface area contributed by atoms with Gasteiger partial charge < -0.3 is 10.6 Å². The predicted molar refractivity (Wildman–Crippen MR) is 122 cm³/mol. The zero-order valence-electron chi connectivity index (χ0n) is 16.8. The van der Waals surface area contributed by atoms with Gasteiger partial charge in [-0.15, -0.1) is 12.4 Å². The molecular weight excluding hydrogens is 408 g/mol. The molecule has 0 atom stereocenters. The fourth-order valence-electron chi connectivity index (χ4n) is 2.88. The largest absolute Gasteiger partial charge is 0.354 e. The smallest absolute Gasteiger partial charge is 0.215 e. The van der Waals surface area contributed by atoms with Crippen molar-refractivity contribution in [1.29, 1.82) is 0 Å². The van der Waals surface area contributed by atoms with E-state index < -0.39 is 10.0 Å². The second kappa shape index (κ2) is 10.6. The number of benzene rings is 2. The van der Waals surface area contributed by atoms with Gasteiger partial charge in [0.1, 0.15) is 0 Å². The predicted octanol–water partition coefficient (Wildman–Crippen LogP) is 3.15. The average Bonchev–Trinajstić information content (AvgIpc) is 3.16. The monoisotopic (exact) mass is 436 g/mol. The van der Waals surface area contributed by atoms with Crippen molar-refractivity contribution in [3.05, 3.63) is 65.2 Å². The maximum absolute atomic E-state index is 12.1. The Hall–Kier alpha value is -2.09. The maximum atomic E-state index is 12.1. The highest BCUT2D eigenvalue weighted by Crippen LogP contribution is 2.15. The van der Waals surface area contributed by atoms with Crippen molar-refractivity contribution in [3.63, 3.8) is 0 Å². The molecule has 0 unspecified atom stereocenters. The Morgan fingerprint density at radius 1 is 1.00 bits per heavy atom. The quantitative estimate of drug-likeness (QED) is 0.593. The van der Waals surface area contributed by atoms with E-state index >= 15 is 0 Å². The molecule has 2 aromatic carbocycles. The number of nitrogens with one attached hydrogen (secondary N) is 3. The Kier molecular flexibility index (Phi) is 8.49. The van der Waals surface area contributed by atoms with Crippen LogP contribution in [0.5, 0.6) is 0 Å². The topological polar surface area (TPSA) is 82.6 Å². The van der Waals surface area contributed by atoms with Crippen molar-refractivity contribution < 1.29 is 8.42 Å². The van der Waals surface area contributed by atoms with Crippen LogP contribution in [0.25, 0.3) is 0 Å². The molecule has 0 spiro atoms. The Labute approximate surface area is 179 Å². The second-order valence-corrected chi connectivity index (χ2v) is 9.28. The normalized spacial score (nSPS) is 13.6. The van der Waals surface area contributed by atoms with Gasteiger partial charge in [0.05, 0.1) is 12.3 Å². The summed E-state index contributed by atoms with van der Waals surface area (Å²) in [5.41, 5.74) is 4.15. The molecule has 0 aromatic heterocycles. The molecule has 29 heavy (non-hydrogen) atoms. The third-order valence-electron chi connectivity index (χ3n) is 4.39. The van der Waals surface area contributed by atoms with Gasteiger partial charge in [-0.25, -0.2) is 13.1 Å². The Bertz CT molecular complexity index is 911. The third kappa shape index (κ3) is 7.68. The van der Waals surface area contributed by atoms with Gasteiger partial charge in [0.2, 0.25) is 10.0 Å². The van der Waals surface area contributed by atoms with Crippen molar-refractivity contribution in [2.45, 2.75) is 26.0 Å². The highest BCUT2D eigenvalue weighted by atomic mass is 35.5. The fraction of sp³-hybridized carbons (Fsp3) is 0.381. The molecule has 0 saturated carbocycles. The molecule has 3 N–H and O–H groups in total. The number of guanidine groups is 1. The van der Waals surface area contributed by atoms with E-state index in [1.54, 1.807) is 0 Å². The standard InChI is InChI=1S/C21H28N4O2S.ClH/c1-16(2)14-24-28(26,27)15-19-5-3-17(4-6-19)13-18-7-9-20(10-8-18)25-21-22-11-12-23-21;/h3-10,16,24H,11-15H2,1-2H3,(H2,22,23,25);1H. The molecule has 0 fully saturated rings. The van der Waals surface area contributed by atoms with Crippen molar-refractivity contribution in [1.82, 2.24) is 10.0 Å². The van der Waals surface area contributed by atoms with Crippen molar-refractivity contribution >= 4 is 34.1 Å². The van der Waals surface area contributed by atoms with E-state index in [-0.39, 0.29) is 18.2 Å². The zero-order valence-corrected chi connectivity index (χ0v) is 18.4. The summed E-state index contributed by atoms with van der Waals surface area (Å²) in [7, 11) is -3.29. The molecule has 3 rings (SSSR count). The van der Waals surface area contributed by atoms with Gasteiger partial charge in [0.25, 0.3) is 0 Å². The van der Waals surface area contributed by atoms with Crippen LogP contribution in [-0.2, 0) is 22.2 Å². The summed E-state index contributed by atoms with van der Waals surface area (Å²) < 4.78 is 26.9. The molecular formula is C21H29ClN4O2S. The molecule has 158 valence electrons. The van der Waals surface area contributed by atoms with E-state index in [1.165, 1.54) is 5.56 Å². The number of hydrogen-bond acceptors (Lipinski definition) is 5. The fourth-order valence-corrected chi connectivity index (χ4v) is 4.20. The van der Waals surface area contributed by atoms with Crippen LogP contribution in [-0.4, -0.2) is 34.0 Å². The first kappa shape index (κ1) is 23.2. The summed E-state index contributed by atoms with van der Waals surface area (Å²) in [6.07, 6.45) is 0.804. The number of nitrogens with zero attached hydrogens (tertiary/aromatic N) is 1. The lowest BCUT2D eigenvalue weighted by Gasteiger charge is -2.10. The minimum Gasteiger partial charge on any atom is -0.354 e. The summed E-state index contributed by atoms with van der Waals surface area (Å²) in [4.78, 5) is 4.32. The van der Waals surface area contributed by atoms with Crippen LogP contribution in [0.15, 0.2) is 53.5 Å². The molecule has 0 aliphatic carbocycles. The Balaban J connectivity index is 0.00000300. The summed E-state index contributed by atoms with van der Waals surface area (Å²) in [6, 6.07) is 16.0. The van der Waals surface area contributed by atoms with Crippen LogP contribution in [0, 0.1) is 5.92 Å². The number of anilines is 1. The lowest BCUT2D eigenvalue weighted by molar-refractivity contribution is 0.559. The summed E-state index contributed by atoms with van der Waals surface area (Å²) in [6.45, 7) is 6.13. The first-order valence-corrected chi connectivity index (χ1v) is 11.2. The molecule has 2 aromatic rings. The Morgan fingerprint density at radius 2 is 1.59 bits per heavy atom. The first-order chi connectivity index (χ1) is 13.4. The summed E-state index contributed by atoms with van der Waals surface area (Å²) in [5, 5.41) is 6.44. The van der Waals surface area contributed by atoms with E-state index in [2.05, 4.69) is 32.5 Å². The molecule has 0 radical (unpaired) electrons. The minimum atomic E-state index is -3.29. The van der Waals surface area contributed by atoms with Crippen LogP contribution < -0.4 is 15.4 Å². The van der Waals surface area contributed by atoms with Crippen molar-refractivity contribution in [3.8, 4) is 0 Å². The van der Waals surface area contributed by atoms with Gasteiger partial charge in [0, 0.05) is 18.8 Å². The van der Waals surface area contributed by atoms with E-state index in [9.17, 15) is 8.42 Å². The highest BCUT2D eigenvalue weighted by molar-refractivity contribution is 7.88. The van der Waals surface area contributed by atoms with Crippen LogP contribution in [0.4, 0.5) is 5.69 Å². The lowest BCUT2D eigenvalue weighted by Crippen LogP contribution is -2.28. The summed E-state index contributed by atoms with van der Waals surface area (Å²) in [5.74, 6) is 1.13. The average molecular weight is 437 g/mol. The molecule has 1 aliphatic rings. The van der Waals surface area contributed by atoms with E-state index in [4.69, 9.17) is 0 Å². The number of halogens is 1. The van der Waals surface area contributed by atoms with Gasteiger partial charge in [-0.05, 0) is 41.2 Å². The summed E-state index contributed by atoms with van der Waals surface area (Å²) >= 11 is 0. The van der Waals surface area contributed by atoms with Gasteiger partial charge in [-0.2, -0.15) is 0 Å². The van der Waals surface area contributed by atoms with Crippen molar-refractivity contribution in [2.75, 3.05) is 25.0 Å². The number of sulfonamides is 1. The van der Waals surface area contributed by atoms with Crippen LogP contribution >= 0.6 is 12.4 Å². The van der Waals surface area contributed by atoms with Crippen LogP contribution in [0.1, 0.15) is 30.5 Å². The number of aliphatic imine (C=N–C) groups is 1. The maximum Gasteiger partial charge on any atom is 0.215 e. The molecule has 8 heteroatoms. The van der Waals surface area contributed by atoms with Gasteiger partial charge in [-0.1, -0.05) is 50.2 Å². The van der Waals surface area contributed by atoms with Gasteiger partial charge in [0.15, 0.2) is 5.96 Å². The number of hydrogen-bond donors (Lipinski definition) is 3. The molecule has 0 saturated heterocycles. The molecule has 1 heterocycles. The number of rotatable bonds is 8. The molecule has 0 amide bonds. The Morgan fingerprint density at radius 3 is 2.14 bits per heavy atom. The highest BCUT2D eigenvalue weighted by Gasteiger charge is 2.12. The third-order valence-corrected chi connectivity index (χ3v) is 5.71. The molecule has 1 aliphatic heterocycles. The van der Waals surface area contributed by atoms with Crippen LogP contribution in [0.3, 0.4) is 0 Å². The van der Waals surface area contributed by atoms with E-state index in [1.807, 2.05) is 50.2 Å². The van der Waals surface area contributed by atoms with Crippen molar-refractivity contribution in [2.24, 2.45) is 10.9 Å².